The maximum absolute atomic E-state index is 12.7. The number of benzene rings is 1. The van der Waals surface area contributed by atoms with Gasteiger partial charge in [-0.1, -0.05) is 12.1 Å². The molecule has 0 bridgehead atoms. The third-order valence-electron chi connectivity index (χ3n) is 6.49. The number of furan rings is 1. The maximum Gasteiger partial charge on any atom is 0.257 e. The highest BCUT2D eigenvalue weighted by molar-refractivity contribution is 5.94. The number of aromatic amines is 1. The summed E-state index contributed by atoms with van der Waals surface area (Å²) >= 11 is 0. The zero-order valence-electron chi connectivity index (χ0n) is 18.6. The van der Waals surface area contributed by atoms with Crippen molar-refractivity contribution in [1.29, 1.82) is 0 Å². The largest absolute Gasteiger partial charge is 0.495 e. The highest BCUT2D eigenvalue weighted by atomic mass is 16.5. The Hall–Kier alpha value is -4.34. The summed E-state index contributed by atoms with van der Waals surface area (Å²) < 4.78 is 12.4. The first-order valence-corrected chi connectivity index (χ1v) is 11.1. The van der Waals surface area contributed by atoms with Crippen molar-refractivity contribution in [2.24, 2.45) is 0 Å². The number of para-hydroxylation sites is 1. The number of nitrogen functional groups attached to an aromatic ring is 1. The van der Waals surface area contributed by atoms with Crippen molar-refractivity contribution in [3.05, 3.63) is 60.6 Å². The van der Waals surface area contributed by atoms with Gasteiger partial charge in [-0.2, -0.15) is 5.10 Å². The van der Waals surface area contributed by atoms with Gasteiger partial charge in [0.2, 0.25) is 0 Å². The fraction of sp³-hybridized carbons (Fsp3) is 0.250. The number of carbonyl (C=O) groups excluding carboxylic acids is 1. The van der Waals surface area contributed by atoms with E-state index in [1.165, 1.54) is 18.9 Å². The van der Waals surface area contributed by atoms with Gasteiger partial charge in [-0.05, 0) is 31.0 Å². The number of hydrogen-bond donors (Lipinski definition) is 2. The predicted octanol–water partition coefficient (Wildman–Crippen LogP) is 3.48. The van der Waals surface area contributed by atoms with Crippen LogP contribution in [0.25, 0.3) is 27.8 Å². The highest BCUT2D eigenvalue weighted by Gasteiger charge is 2.30. The Bertz CT molecular complexity index is 1490. The quantitative estimate of drug-likeness (QED) is 0.423. The van der Waals surface area contributed by atoms with Crippen molar-refractivity contribution in [3.8, 4) is 17.1 Å². The minimum atomic E-state index is -0.0144. The number of ether oxygens (including phenoxy) is 1. The van der Waals surface area contributed by atoms with Gasteiger partial charge in [0, 0.05) is 24.4 Å². The number of anilines is 1. The van der Waals surface area contributed by atoms with Crippen LogP contribution in [-0.4, -0.2) is 55.6 Å². The van der Waals surface area contributed by atoms with E-state index in [4.69, 9.17) is 19.9 Å². The fourth-order valence-corrected chi connectivity index (χ4v) is 4.76. The van der Waals surface area contributed by atoms with Gasteiger partial charge < -0.3 is 24.8 Å². The van der Waals surface area contributed by atoms with E-state index < -0.39 is 0 Å². The molecular formula is C24H23N7O3. The molecule has 0 aliphatic carbocycles. The van der Waals surface area contributed by atoms with Crippen LogP contribution in [0.15, 0.2) is 53.6 Å². The number of rotatable bonds is 4. The molecule has 0 spiro atoms. The van der Waals surface area contributed by atoms with Crippen LogP contribution in [0.4, 0.5) is 5.82 Å². The summed E-state index contributed by atoms with van der Waals surface area (Å²) in [5.41, 5.74) is 9.94. The van der Waals surface area contributed by atoms with E-state index >= 15 is 0 Å². The standard InChI is InChI=1S/C24H23N7O3/c1-33-18-4-2-3-15-11-17(28-19(15)18)20-21-22(25)26-13-27-31(21)23(29-20)14-5-8-30(9-6-14)24(32)16-7-10-34-12-16/h2-4,7,10-14,28H,5-6,8-9H2,1H3,(H2,25,26,27). The summed E-state index contributed by atoms with van der Waals surface area (Å²) in [5.74, 6) is 2.05. The molecule has 0 unspecified atom stereocenters. The lowest BCUT2D eigenvalue weighted by Crippen LogP contribution is -2.38. The Labute approximate surface area is 194 Å². The normalized spacial score (nSPS) is 14.8. The van der Waals surface area contributed by atoms with Crippen molar-refractivity contribution < 1.29 is 13.9 Å². The predicted molar refractivity (Wildman–Crippen MR) is 126 cm³/mol. The number of likely N-dealkylation sites (tertiary alicyclic amines) is 1. The first kappa shape index (κ1) is 20.3. The smallest absolute Gasteiger partial charge is 0.257 e. The molecule has 0 atom stereocenters. The first-order valence-electron chi connectivity index (χ1n) is 11.1. The molecule has 1 aliphatic rings. The van der Waals surface area contributed by atoms with Crippen molar-refractivity contribution in [1.82, 2.24) is 29.5 Å². The average Bonchev–Trinajstić information content (AvgIpc) is 3.62. The Kier molecular flexibility index (Phi) is 4.72. The lowest BCUT2D eigenvalue weighted by Gasteiger charge is -2.31. The number of methoxy groups -OCH3 is 1. The van der Waals surface area contributed by atoms with Gasteiger partial charge in [-0.15, -0.1) is 0 Å². The summed E-state index contributed by atoms with van der Waals surface area (Å²) in [6.45, 7) is 1.26. The van der Waals surface area contributed by atoms with Crippen molar-refractivity contribution in [2.75, 3.05) is 25.9 Å². The number of hydrogen-bond acceptors (Lipinski definition) is 7. The van der Waals surface area contributed by atoms with E-state index in [2.05, 4.69) is 15.1 Å². The van der Waals surface area contributed by atoms with Gasteiger partial charge in [-0.25, -0.2) is 14.5 Å². The summed E-state index contributed by atoms with van der Waals surface area (Å²) in [6.07, 6.45) is 5.99. The van der Waals surface area contributed by atoms with E-state index in [0.29, 0.717) is 35.7 Å². The van der Waals surface area contributed by atoms with Gasteiger partial charge in [-0.3, -0.25) is 4.79 Å². The molecule has 1 amide bonds. The van der Waals surface area contributed by atoms with Crippen LogP contribution in [0.5, 0.6) is 5.75 Å². The third kappa shape index (κ3) is 3.18. The number of amides is 1. The van der Waals surface area contributed by atoms with Gasteiger partial charge in [0.15, 0.2) is 5.82 Å². The van der Waals surface area contributed by atoms with Gasteiger partial charge >= 0.3 is 0 Å². The van der Waals surface area contributed by atoms with Crippen LogP contribution in [0.1, 0.15) is 34.9 Å². The van der Waals surface area contributed by atoms with Crippen LogP contribution >= 0.6 is 0 Å². The minimum absolute atomic E-state index is 0.0144. The number of nitrogens with two attached hydrogens (primary N) is 1. The van der Waals surface area contributed by atoms with Crippen molar-refractivity contribution in [2.45, 2.75) is 18.8 Å². The summed E-state index contributed by atoms with van der Waals surface area (Å²) in [6, 6.07) is 9.60. The lowest BCUT2D eigenvalue weighted by atomic mass is 9.95. The Morgan fingerprint density at radius 2 is 2.12 bits per heavy atom. The monoisotopic (exact) mass is 457 g/mol. The van der Waals surface area contributed by atoms with Crippen molar-refractivity contribution in [3.63, 3.8) is 0 Å². The Morgan fingerprint density at radius 3 is 2.88 bits per heavy atom. The van der Waals surface area contributed by atoms with E-state index in [9.17, 15) is 4.79 Å². The van der Waals surface area contributed by atoms with E-state index in [-0.39, 0.29) is 11.8 Å². The molecule has 10 heteroatoms. The molecule has 6 rings (SSSR count). The van der Waals surface area contributed by atoms with Crippen LogP contribution in [-0.2, 0) is 0 Å². The number of nitrogens with zero attached hydrogens (tertiary/aromatic N) is 5. The number of aromatic nitrogens is 5. The zero-order chi connectivity index (χ0) is 23.2. The molecule has 3 N–H and O–H groups in total. The second kappa shape index (κ2) is 7.91. The lowest BCUT2D eigenvalue weighted by molar-refractivity contribution is 0.0710. The first-order chi connectivity index (χ1) is 16.6. The molecule has 1 fully saturated rings. The SMILES string of the molecule is COc1cccc2cc(-c3nc(C4CCN(C(=O)c5ccoc5)CC4)n4ncnc(N)c34)[nH]c12. The number of piperidine rings is 1. The molecule has 172 valence electrons. The minimum Gasteiger partial charge on any atom is -0.495 e. The molecule has 5 aromatic rings. The molecular weight excluding hydrogens is 434 g/mol. The molecule has 1 aromatic carbocycles. The summed E-state index contributed by atoms with van der Waals surface area (Å²) in [7, 11) is 1.65. The Balaban J connectivity index is 1.36. The average molecular weight is 457 g/mol. The zero-order valence-corrected chi connectivity index (χ0v) is 18.6. The molecule has 0 saturated carbocycles. The molecule has 10 nitrogen and oxygen atoms in total. The Morgan fingerprint density at radius 1 is 1.26 bits per heavy atom. The van der Waals surface area contributed by atoms with Gasteiger partial charge in [0.05, 0.1) is 30.1 Å². The van der Waals surface area contributed by atoms with E-state index in [1.807, 2.05) is 29.2 Å². The fourth-order valence-electron chi connectivity index (χ4n) is 4.76. The van der Waals surface area contributed by atoms with Gasteiger partial charge in [0.1, 0.15) is 35.4 Å². The van der Waals surface area contributed by atoms with Crippen molar-refractivity contribution >= 4 is 28.1 Å². The summed E-state index contributed by atoms with van der Waals surface area (Å²) in [5, 5.41) is 5.49. The number of H-pyrrole nitrogens is 1. The molecule has 5 heterocycles. The number of fused-ring (bicyclic) bond motifs is 2. The van der Waals surface area contributed by atoms with E-state index in [1.54, 1.807) is 17.7 Å². The summed E-state index contributed by atoms with van der Waals surface area (Å²) in [4.78, 5) is 27.2. The molecule has 1 aliphatic heterocycles. The van der Waals surface area contributed by atoms with Crippen LogP contribution in [0.2, 0.25) is 0 Å². The third-order valence-corrected chi connectivity index (χ3v) is 6.49. The topological polar surface area (TPSA) is 128 Å². The van der Waals surface area contributed by atoms with Gasteiger partial charge in [0.25, 0.3) is 5.91 Å². The maximum atomic E-state index is 12.7. The molecule has 4 aromatic heterocycles. The van der Waals surface area contributed by atoms with Crippen LogP contribution in [0, 0.1) is 0 Å². The molecule has 34 heavy (non-hydrogen) atoms. The number of carbonyl (C=O) groups is 1. The molecule has 0 radical (unpaired) electrons. The van der Waals surface area contributed by atoms with E-state index in [0.717, 1.165) is 41.0 Å². The highest BCUT2D eigenvalue weighted by Crippen LogP contribution is 2.36. The number of nitrogens with one attached hydrogen (secondary N) is 1. The van der Waals surface area contributed by atoms with Crippen LogP contribution in [0.3, 0.4) is 0 Å². The second-order valence-electron chi connectivity index (χ2n) is 8.41. The second-order valence-corrected chi connectivity index (χ2v) is 8.41. The van der Waals surface area contributed by atoms with Crippen LogP contribution < -0.4 is 10.5 Å². The molecule has 1 saturated heterocycles. The number of imidazole rings is 1.